The summed E-state index contributed by atoms with van der Waals surface area (Å²) in [7, 11) is 0. The maximum absolute atomic E-state index is 12.7. The molecule has 2 aromatic carbocycles. The molecule has 2 heterocycles. The molecule has 3 amide bonds. The normalized spacial score (nSPS) is 17.8. The Morgan fingerprint density at radius 1 is 1.14 bits per heavy atom. The molecule has 1 fully saturated rings. The van der Waals surface area contributed by atoms with E-state index in [2.05, 4.69) is 15.7 Å². The maximum atomic E-state index is 12.7. The van der Waals surface area contributed by atoms with Crippen LogP contribution in [0.3, 0.4) is 0 Å². The van der Waals surface area contributed by atoms with E-state index in [9.17, 15) is 19.2 Å². The highest BCUT2D eigenvalue weighted by Gasteiger charge is 2.30. The van der Waals surface area contributed by atoms with Crippen molar-refractivity contribution in [2.45, 2.75) is 31.8 Å². The minimum absolute atomic E-state index is 0.170. The molecule has 3 N–H and O–H groups in total. The Labute approximate surface area is 165 Å². The summed E-state index contributed by atoms with van der Waals surface area (Å²) in [6, 6.07) is 13.4. The summed E-state index contributed by atoms with van der Waals surface area (Å²) in [6.45, 7) is 1.90. The van der Waals surface area contributed by atoms with Crippen LogP contribution in [0.5, 0.6) is 0 Å². The number of hydrogen-bond acceptors (Lipinski definition) is 4. The van der Waals surface area contributed by atoms with Gasteiger partial charge in [0.2, 0.25) is 5.91 Å². The number of amides is 3. The Hall–Kier alpha value is -3.68. The van der Waals surface area contributed by atoms with Crippen molar-refractivity contribution in [1.82, 2.24) is 20.4 Å². The monoisotopic (exact) mass is 392 g/mol. The summed E-state index contributed by atoms with van der Waals surface area (Å²) >= 11 is 0. The van der Waals surface area contributed by atoms with Crippen LogP contribution >= 0.6 is 0 Å². The van der Waals surface area contributed by atoms with Gasteiger partial charge in [-0.2, -0.15) is 0 Å². The van der Waals surface area contributed by atoms with Crippen LogP contribution in [-0.4, -0.2) is 27.5 Å². The van der Waals surface area contributed by atoms with E-state index in [1.807, 2.05) is 37.3 Å². The minimum Gasteiger partial charge on any atom is -0.346 e. The topological polar surface area (TPSA) is 113 Å². The first kappa shape index (κ1) is 18.7. The Morgan fingerprint density at radius 3 is 2.62 bits per heavy atom. The Kier molecular flexibility index (Phi) is 4.75. The highest BCUT2D eigenvalue weighted by Crippen LogP contribution is 2.19. The number of aromatic amines is 1. The molecule has 0 radical (unpaired) electrons. The fourth-order valence-electron chi connectivity index (χ4n) is 3.53. The number of H-pyrrole nitrogens is 1. The predicted molar refractivity (Wildman–Crippen MR) is 106 cm³/mol. The molecule has 0 spiro atoms. The second kappa shape index (κ2) is 7.38. The number of imide groups is 1. The van der Waals surface area contributed by atoms with E-state index in [4.69, 9.17) is 0 Å². The van der Waals surface area contributed by atoms with Gasteiger partial charge in [-0.1, -0.05) is 30.3 Å². The van der Waals surface area contributed by atoms with Crippen LogP contribution < -0.4 is 16.2 Å². The van der Waals surface area contributed by atoms with Crippen molar-refractivity contribution in [3.63, 3.8) is 0 Å². The van der Waals surface area contributed by atoms with Gasteiger partial charge in [-0.25, -0.2) is 4.68 Å². The average Bonchev–Trinajstić information content (AvgIpc) is 3.04. The van der Waals surface area contributed by atoms with Gasteiger partial charge in [-0.05, 0) is 37.1 Å². The third kappa shape index (κ3) is 3.56. The van der Waals surface area contributed by atoms with Crippen LogP contribution in [0.1, 0.15) is 47.8 Å². The molecular weight excluding hydrogens is 372 g/mol. The van der Waals surface area contributed by atoms with E-state index in [-0.39, 0.29) is 36.3 Å². The number of nitrogens with zero attached hydrogens (tertiary/aromatic N) is 1. The summed E-state index contributed by atoms with van der Waals surface area (Å²) < 4.78 is 1.22. The fraction of sp³-hybridized carbons (Fsp3) is 0.238. The number of rotatable bonds is 4. The van der Waals surface area contributed by atoms with Gasteiger partial charge in [0, 0.05) is 12.0 Å². The third-order valence-electron chi connectivity index (χ3n) is 5.14. The molecule has 0 bridgehead atoms. The van der Waals surface area contributed by atoms with E-state index in [1.165, 1.54) is 4.68 Å². The quantitative estimate of drug-likeness (QED) is 0.588. The van der Waals surface area contributed by atoms with E-state index < -0.39 is 11.9 Å². The summed E-state index contributed by atoms with van der Waals surface area (Å²) in [5, 5.41) is 8.47. The summed E-state index contributed by atoms with van der Waals surface area (Å²) in [5.74, 6) is -1.12. The van der Waals surface area contributed by atoms with Crippen LogP contribution in [0.15, 0.2) is 53.3 Å². The zero-order chi connectivity index (χ0) is 20.5. The Balaban J connectivity index is 1.60. The number of aromatic nitrogens is 2. The third-order valence-corrected chi connectivity index (χ3v) is 5.14. The molecule has 2 atom stereocenters. The molecule has 1 aromatic heterocycles. The fourth-order valence-corrected chi connectivity index (χ4v) is 3.53. The molecule has 29 heavy (non-hydrogen) atoms. The Bertz CT molecular complexity index is 1160. The minimum atomic E-state index is -0.775. The molecule has 0 saturated carbocycles. The van der Waals surface area contributed by atoms with Crippen LogP contribution in [0.2, 0.25) is 0 Å². The average molecular weight is 392 g/mol. The van der Waals surface area contributed by atoms with Gasteiger partial charge in [0.15, 0.2) is 0 Å². The van der Waals surface area contributed by atoms with Crippen molar-refractivity contribution in [1.29, 1.82) is 0 Å². The lowest BCUT2D eigenvalue weighted by atomic mass is 10.1. The zero-order valence-electron chi connectivity index (χ0n) is 15.8. The largest absolute Gasteiger partial charge is 0.346 e. The summed E-state index contributed by atoms with van der Waals surface area (Å²) in [6.07, 6.45) is 0.419. The molecular formula is C21H20N4O4. The molecule has 1 aliphatic heterocycles. The van der Waals surface area contributed by atoms with Gasteiger partial charge < -0.3 is 5.32 Å². The molecule has 1 aliphatic rings. The van der Waals surface area contributed by atoms with Crippen molar-refractivity contribution in [2.75, 3.05) is 0 Å². The van der Waals surface area contributed by atoms with Crippen LogP contribution in [0, 0.1) is 0 Å². The van der Waals surface area contributed by atoms with Crippen LogP contribution in [0.4, 0.5) is 0 Å². The maximum Gasteiger partial charge on any atom is 0.275 e. The summed E-state index contributed by atoms with van der Waals surface area (Å²) in [5.41, 5.74) is 1.48. The highest BCUT2D eigenvalue weighted by atomic mass is 16.2. The van der Waals surface area contributed by atoms with E-state index >= 15 is 0 Å². The second-order valence-electron chi connectivity index (χ2n) is 7.12. The number of piperidine rings is 1. The van der Waals surface area contributed by atoms with Gasteiger partial charge >= 0.3 is 0 Å². The van der Waals surface area contributed by atoms with E-state index in [0.717, 1.165) is 5.56 Å². The lowest BCUT2D eigenvalue weighted by Crippen LogP contribution is -2.44. The van der Waals surface area contributed by atoms with E-state index in [0.29, 0.717) is 16.5 Å². The van der Waals surface area contributed by atoms with Crippen molar-refractivity contribution < 1.29 is 14.4 Å². The smallest absolute Gasteiger partial charge is 0.275 e. The molecule has 148 valence electrons. The molecule has 1 unspecified atom stereocenters. The van der Waals surface area contributed by atoms with Crippen molar-refractivity contribution in [3.05, 3.63) is 70.0 Å². The molecule has 0 aliphatic carbocycles. The number of fused-ring (bicyclic) bond motifs is 1. The lowest BCUT2D eigenvalue weighted by molar-refractivity contribution is -0.136. The number of nitrogens with one attached hydrogen (secondary N) is 3. The number of benzene rings is 2. The second-order valence-corrected chi connectivity index (χ2v) is 7.12. The van der Waals surface area contributed by atoms with Gasteiger partial charge in [0.05, 0.1) is 16.9 Å². The first-order valence-corrected chi connectivity index (χ1v) is 9.38. The first-order valence-electron chi connectivity index (χ1n) is 9.38. The van der Waals surface area contributed by atoms with Crippen molar-refractivity contribution >= 4 is 28.6 Å². The van der Waals surface area contributed by atoms with Crippen LogP contribution in [-0.2, 0) is 9.59 Å². The van der Waals surface area contributed by atoms with E-state index in [1.54, 1.807) is 18.2 Å². The summed E-state index contributed by atoms with van der Waals surface area (Å²) in [4.78, 5) is 48.7. The van der Waals surface area contributed by atoms with Crippen molar-refractivity contribution in [3.8, 4) is 0 Å². The molecule has 8 nitrogen and oxygen atoms in total. The highest BCUT2D eigenvalue weighted by molar-refractivity contribution is 6.00. The lowest BCUT2D eigenvalue weighted by Gasteiger charge is -2.20. The zero-order valence-corrected chi connectivity index (χ0v) is 15.8. The molecule has 1 saturated heterocycles. The molecule has 3 aromatic rings. The number of carbonyl (C=O) groups is 3. The molecule has 8 heteroatoms. The predicted octanol–water partition coefficient (Wildman–Crippen LogP) is 1.80. The number of hydrogen-bond donors (Lipinski definition) is 3. The Morgan fingerprint density at radius 2 is 1.90 bits per heavy atom. The van der Waals surface area contributed by atoms with Gasteiger partial charge in [0.25, 0.3) is 17.4 Å². The van der Waals surface area contributed by atoms with Crippen LogP contribution in [0.25, 0.3) is 10.9 Å². The van der Waals surface area contributed by atoms with Crippen molar-refractivity contribution in [2.24, 2.45) is 0 Å². The SMILES string of the molecule is C[C@@H](NC(=O)c1ccc2c(=O)n(C3CCC(=O)NC3=O)[nH]c2c1)c1ccccc1. The van der Waals surface area contributed by atoms with Gasteiger partial charge in [-0.15, -0.1) is 0 Å². The van der Waals surface area contributed by atoms with Gasteiger partial charge in [0.1, 0.15) is 6.04 Å². The first-order chi connectivity index (χ1) is 13.9. The molecule has 4 rings (SSSR count). The van der Waals surface area contributed by atoms with Gasteiger partial charge in [-0.3, -0.25) is 29.6 Å². The standard InChI is InChI=1S/C21H20N4O4/c1-12(13-5-3-2-4-6-13)22-19(27)14-7-8-15-16(11-14)24-25(21(15)29)17-9-10-18(26)23-20(17)28/h2-8,11-12,17,24H,9-10H2,1H3,(H,22,27)(H,23,26,28)/t12-,17?/m1/s1. The number of carbonyl (C=O) groups excluding carboxylic acids is 3.